The van der Waals surface area contributed by atoms with Gasteiger partial charge < -0.3 is 9.64 Å². The summed E-state index contributed by atoms with van der Waals surface area (Å²) in [5.41, 5.74) is 2.60. The van der Waals surface area contributed by atoms with Crippen molar-refractivity contribution in [3.8, 4) is 5.75 Å². The molecule has 140 valence electrons. The van der Waals surface area contributed by atoms with Crippen molar-refractivity contribution < 1.29 is 13.2 Å². The highest BCUT2D eigenvalue weighted by atomic mass is 32.2. The molecular weight excluding hydrogens is 360 g/mol. The summed E-state index contributed by atoms with van der Waals surface area (Å²) in [6.07, 6.45) is 0. The van der Waals surface area contributed by atoms with Crippen LogP contribution in [-0.2, 0) is 10.0 Å². The van der Waals surface area contributed by atoms with Crippen LogP contribution in [0.4, 0.5) is 17.1 Å². The molecule has 0 aliphatic heterocycles. The lowest BCUT2D eigenvalue weighted by Gasteiger charge is -2.23. The quantitative estimate of drug-likeness (QED) is 0.646. The van der Waals surface area contributed by atoms with E-state index in [4.69, 9.17) is 4.74 Å². The van der Waals surface area contributed by atoms with Crippen molar-refractivity contribution >= 4 is 27.1 Å². The predicted molar refractivity (Wildman–Crippen MR) is 109 cm³/mol. The first kappa shape index (κ1) is 18.8. The minimum Gasteiger partial charge on any atom is -0.497 e. The van der Waals surface area contributed by atoms with E-state index >= 15 is 0 Å². The average Bonchev–Trinajstić information content (AvgIpc) is 2.70. The molecule has 0 spiro atoms. The predicted octanol–water partition coefficient (Wildman–Crippen LogP) is 4.65. The maximum absolute atomic E-state index is 12.5. The molecule has 0 aliphatic carbocycles. The number of benzene rings is 3. The Bertz CT molecular complexity index is 970. The highest BCUT2D eigenvalue weighted by Gasteiger charge is 2.14. The number of methoxy groups -OCH3 is 1. The summed E-state index contributed by atoms with van der Waals surface area (Å²) in [6.45, 7) is 2.88. The Balaban J connectivity index is 1.78. The van der Waals surface area contributed by atoms with Gasteiger partial charge in [0.2, 0.25) is 0 Å². The maximum Gasteiger partial charge on any atom is 0.261 e. The van der Waals surface area contributed by atoms with E-state index in [1.807, 2.05) is 42.5 Å². The van der Waals surface area contributed by atoms with Crippen LogP contribution >= 0.6 is 0 Å². The van der Waals surface area contributed by atoms with Gasteiger partial charge in [0, 0.05) is 23.6 Å². The number of hydrogen-bond acceptors (Lipinski definition) is 4. The molecular formula is C21H22N2O3S. The molecule has 0 aliphatic rings. The Morgan fingerprint density at radius 1 is 0.852 bits per heavy atom. The summed E-state index contributed by atoms with van der Waals surface area (Å²) < 4.78 is 32.7. The lowest BCUT2D eigenvalue weighted by molar-refractivity contribution is 0.414. The lowest BCUT2D eigenvalue weighted by atomic mass is 10.2. The third-order valence-electron chi connectivity index (χ3n) is 4.19. The highest BCUT2D eigenvalue weighted by Crippen LogP contribution is 2.27. The summed E-state index contributed by atoms with van der Waals surface area (Å²) in [4.78, 5) is 2.34. The molecule has 0 unspecified atom stereocenters. The summed E-state index contributed by atoms with van der Waals surface area (Å²) in [6, 6.07) is 23.7. The number of sulfonamides is 1. The summed E-state index contributed by atoms with van der Waals surface area (Å²) in [5.74, 6) is 0.610. The molecule has 0 heterocycles. The van der Waals surface area contributed by atoms with Crippen LogP contribution in [0, 0.1) is 0 Å². The van der Waals surface area contributed by atoms with Gasteiger partial charge in [-0.25, -0.2) is 8.42 Å². The summed E-state index contributed by atoms with van der Waals surface area (Å²) in [7, 11) is -2.11. The Morgan fingerprint density at radius 2 is 1.44 bits per heavy atom. The Morgan fingerprint density at radius 3 is 2.00 bits per heavy atom. The minimum absolute atomic E-state index is 0.187. The number of rotatable bonds is 7. The van der Waals surface area contributed by atoms with E-state index < -0.39 is 10.0 Å². The van der Waals surface area contributed by atoms with Gasteiger partial charge in [0.1, 0.15) is 5.75 Å². The molecule has 0 radical (unpaired) electrons. The first-order chi connectivity index (χ1) is 13.0. The zero-order valence-electron chi connectivity index (χ0n) is 15.3. The average molecular weight is 382 g/mol. The van der Waals surface area contributed by atoms with Gasteiger partial charge in [0.05, 0.1) is 12.0 Å². The maximum atomic E-state index is 12.5. The van der Waals surface area contributed by atoms with Crippen molar-refractivity contribution in [2.24, 2.45) is 0 Å². The fourth-order valence-electron chi connectivity index (χ4n) is 2.80. The van der Waals surface area contributed by atoms with Gasteiger partial charge in [0.25, 0.3) is 10.0 Å². The fraction of sp³-hybridized carbons (Fsp3) is 0.143. The van der Waals surface area contributed by atoms with Crippen molar-refractivity contribution in [3.63, 3.8) is 0 Å². The molecule has 0 amide bonds. The van der Waals surface area contributed by atoms with Crippen LogP contribution in [0.1, 0.15) is 6.92 Å². The molecule has 27 heavy (non-hydrogen) atoms. The number of anilines is 3. The zero-order chi connectivity index (χ0) is 19.3. The van der Waals surface area contributed by atoms with Crippen molar-refractivity contribution in [2.75, 3.05) is 23.3 Å². The van der Waals surface area contributed by atoms with Crippen LogP contribution in [-0.4, -0.2) is 22.1 Å². The molecule has 0 bridgehead atoms. The second kappa shape index (κ2) is 8.14. The van der Waals surface area contributed by atoms with Crippen LogP contribution in [0.25, 0.3) is 0 Å². The molecule has 0 aromatic heterocycles. The van der Waals surface area contributed by atoms with Crippen LogP contribution in [0.15, 0.2) is 83.8 Å². The highest BCUT2D eigenvalue weighted by molar-refractivity contribution is 7.92. The van der Waals surface area contributed by atoms with Crippen molar-refractivity contribution in [1.82, 2.24) is 0 Å². The summed E-state index contributed by atoms with van der Waals surface area (Å²) in [5, 5.41) is 0. The molecule has 0 fully saturated rings. The first-order valence-corrected chi connectivity index (χ1v) is 10.1. The number of para-hydroxylation sites is 1. The normalized spacial score (nSPS) is 11.0. The van der Waals surface area contributed by atoms with Gasteiger partial charge in [0.15, 0.2) is 0 Å². The van der Waals surface area contributed by atoms with E-state index in [-0.39, 0.29) is 4.90 Å². The molecule has 1 N–H and O–H groups in total. The molecule has 3 aromatic carbocycles. The molecule has 0 saturated carbocycles. The van der Waals surface area contributed by atoms with Crippen molar-refractivity contribution in [2.45, 2.75) is 11.8 Å². The van der Waals surface area contributed by atoms with Crippen molar-refractivity contribution in [3.05, 3.63) is 78.9 Å². The first-order valence-electron chi connectivity index (χ1n) is 8.63. The van der Waals surface area contributed by atoms with E-state index in [1.165, 1.54) is 12.1 Å². The van der Waals surface area contributed by atoms with E-state index in [0.717, 1.165) is 17.9 Å². The van der Waals surface area contributed by atoms with Crippen LogP contribution < -0.4 is 14.4 Å². The number of ether oxygens (including phenoxy) is 1. The molecule has 0 saturated heterocycles. The third kappa shape index (κ3) is 4.41. The SMILES string of the molecule is CCN(c1ccccc1)c1ccc(NS(=O)(=O)c2ccc(OC)cc2)cc1. The standard InChI is InChI=1S/C21H22N2O3S/c1-3-23(18-7-5-4-6-8-18)19-11-9-17(10-12-19)22-27(24,25)21-15-13-20(26-2)14-16-21/h4-16,22H,3H2,1-2H3. The Labute approximate surface area is 160 Å². The van der Waals surface area contributed by atoms with Crippen LogP contribution in [0.3, 0.4) is 0 Å². The van der Waals surface area contributed by atoms with Gasteiger partial charge in [-0.2, -0.15) is 0 Å². The van der Waals surface area contributed by atoms with Crippen molar-refractivity contribution in [1.29, 1.82) is 0 Å². The Kier molecular flexibility index (Phi) is 5.66. The van der Waals surface area contributed by atoms with Gasteiger partial charge >= 0.3 is 0 Å². The van der Waals surface area contributed by atoms with Gasteiger partial charge in [-0.1, -0.05) is 18.2 Å². The fourth-order valence-corrected chi connectivity index (χ4v) is 3.86. The van der Waals surface area contributed by atoms with E-state index in [0.29, 0.717) is 11.4 Å². The number of nitrogens with one attached hydrogen (secondary N) is 1. The zero-order valence-corrected chi connectivity index (χ0v) is 16.1. The van der Waals surface area contributed by atoms with Gasteiger partial charge in [-0.05, 0) is 67.6 Å². The van der Waals surface area contributed by atoms with E-state index in [2.05, 4.69) is 16.5 Å². The topological polar surface area (TPSA) is 58.6 Å². The van der Waals surface area contributed by atoms with E-state index in [1.54, 1.807) is 31.4 Å². The molecule has 0 atom stereocenters. The molecule has 5 nitrogen and oxygen atoms in total. The third-order valence-corrected chi connectivity index (χ3v) is 5.58. The van der Waals surface area contributed by atoms with Gasteiger partial charge in [-0.15, -0.1) is 0 Å². The smallest absolute Gasteiger partial charge is 0.261 e. The summed E-state index contributed by atoms with van der Waals surface area (Å²) >= 11 is 0. The molecule has 3 rings (SSSR count). The lowest BCUT2D eigenvalue weighted by Crippen LogP contribution is -2.16. The Hall–Kier alpha value is -2.99. The minimum atomic E-state index is -3.65. The second-order valence-corrected chi connectivity index (χ2v) is 7.59. The number of nitrogens with zero attached hydrogens (tertiary/aromatic N) is 1. The molecule has 6 heteroatoms. The molecule has 3 aromatic rings. The van der Waals surface area contributed by atoms with Crippen LogP contribution in [0.5, 0.6) is 5.75 Å². The monoisotopic (exact) mass is 382 g/mol. The number of hydrogen-bond donors (Lipinski definition) is 1. The van der Waals surface area contributed by atoms with Crippen LogP contribution in [0.2, 0.25) is 0 Å². The second-order valence-electron chi connectivity index (χ2n) is 5.91. The van der Waals surface area contributed by atoms with E-state index in [9.17, 15) is 8.42 Å². The largest absolute Gasteiger partial charge is 0.497 e. The van der Waals surface area contributed by atoms with Gasteiger partial charge in [-0.3, -0.25) is 4.72 Å².